The molecule has 0 aromatic heterocycles. The van der Waals surface area contributed by atoms with Crippen LogP contribution in [0.25, 0.3) is 0 Å². The van der Waals surface area contributed by atoms with Gasteiger partial charge < -0.3 is 15.4 Å². The van der Waals surface area contributed by atoms with Gasteiger partial charge in [0.05, 0.1) is 7.11 Å². The number of hydrogen-bond acceptors (Lipinski definition) is 3. The number of ether oxygens (including phenoxy) is 1. The predicted molar refractivity (Wildman–Crippen MR) is 66.7 cm³/mol. The van der Waals surface area contributed by atoms with Crippen LogP contribution >= 0.6 is 0 Å². The Kier molecular flexibility index (Phi) is 8.19. The molecule has 0 rings (SSSR count). The number of carbonyl (C=O) groups excluding carboxylic acids is 2. The van der Waals surface area contributed by atoms with Gasteiger partial charge >= 0.3 is 12.0 Å². The second-order valence-corrected chi connectivity index (χ2v) is 4.47. The van der Waals surface area contributed by atoms with E-state index in [2.05, 4.69) is 29.2 Å². The van der Waals surface area contributed by atoms with E-state index in [4.69, 9.17) is 0 Å². The van der Waals surface area contributed by atoms with Crippen molar-refractivity contribution in [3.05, 3.63) is 0 Å². The second kappa shape index (κ2) is 8.84. The van der Waals surface area contributed by atoms with Crippen LogP contribution in [0.5, 0.6) is 0 Å². The molecule has 100 valence electrons. The third-order valence-corrected chi connectivity index (χ3v) is 2.68. The Morgan fingerprint density at radius 3 is 2.35 bits per heavy atom. The number of urea groups is 1. The predicted octanol–water partition coefficient (Wildman–Crippen LogP) is 1.67. The lowest BCUT2D eigenvalue weighted by molar-refractivity contribution is -0.140. The molecule has 0 aromatic carbocycles. The molecule has 0 aromatic rings. The minimum absolute atomic E-state index is 0.149. The molecule has 0 aliphatic rings. The zero-order valence-electron chi connectivity index (χ0n) is 11.2. The van der Waals surface area contributed by atoms with Gasteiger partial charge in [0.25, 0.3) is 0 Å². The molecule has 2 amide bonds. The number of amides is 2. The van der Waals surface area contributed by atoms with E-state index in [9.17, 15) is 9.59 Å². The molecule has 1 unspecified atom stereocenters. The van der Waals surface area contributed by atoms with Crippen LogP contribution in [0.1, 0.15) is 40.0 Å². The van der Waals surface area contributed by atoms with Crippen LogP contribution in [0.2, 0.25) is 0 Å². The Morgan fingerprint density at radius 2 is 1.82 bits per heavy atom. The summed E-state index contributed by atoms with van der Waals surface area (Å²) in [6, 6.07) is 0.00865. The van der Waals surface area contributed by atoms with Crippen LogP contribution < -0.4 is 10.6 Å². The molecule has 0 saturated carbocycles. The first-order valence-corrected chi connectivity index (χ1v) is 6.08. The lowest BCUT2D eigenvalue weighted by Gasteiger charge is -2.17. The molecule has 5 nitrogen and oxygen atoms in total. The number of esters is 1. The summed E-state index contributed by atoms with van der Waals surface area (Å²) in [5.41, 5.74) is 0. The molecule has 0 aliphatic carbocycles. The average molecular weight is 244 g/mol. The summed E-state index contributed by atoms with van der Waals surface area (Å²) < 4.78 is 4.52. The van der Waals surface area contributed by atoms with Gasteiger partial charge in [-0.3, -0.25) is 4.79 Å². The highest BCUT2D eigenvalue weighted by Gasteiger charge is 2.09. The maximum absolute atomic E-state index is 11.4. The number of carbonyl (C=O) groups is 2. The highest BCUT2D eigenvalue weighted by atomic mass is 16.5. The molecule has 0 heterocycles. The van der Waals surface area contributed by atoms with Crippen molar-refractivity contribution < 1.29 is 14.3 Å². The molecule has 0 aliphatic heterocycles. The number of methoxy groups -OCH3 is 1. The van der Waals surface area contributed by atoms with E-state index in [1.165, 1.54) is 7.11 Å². The van der Waals surface area contributed by atoms with Crippen molar-refractivity contribution in [3.8, 4) is 0 Å². The van der Waals surface area contributed by atoms with Crippen molar-refractivity contribution in [1.82, 2.24) is 10.6 Å². The first-order chi connectivity index (χ1) is 7.97. The summed E-state index contributed by atoms with van der Waals surface area (Å²) in [5.74, 6) is 0.211. The zero-order chi connectivity index (χ0) is 13.3. The molecular weight excluding hydrogens is 220 g/mol. The van der Waals surface area contributed by atoms with Crippen molar-refractivity contribution in [2.45, 2.75) is 46.1 Å². The van der Waals surface area contributed by atoms with Crippen LogP contribution in [0, 0.1) is 5.92 Å². The smallest absolute Gasteiger partial charge is 0.315 e. The maximum atomic E-state index is 11.4. The van der Waals surface area contributed by atoms with Gasteiger partial charge in [-0.1, -0.05) is 13.8 Å². The van der Waals surface area contributed by atoms with Gasteiger partial charge in [-0.05, 0) is 25.7 Å². The van der Waals surface area contributed by atoms with Crippen LogP contribution in [0.3, 0.4) is 0 Å². The maximum Gasteiger partial charge on any atom is 0.315 e. The summed E-state index contributed by atoms with van der Waals surface area (Å²) in [6.45, 7) is 6.66. The van der Waals surface area contributed by atoms with E-state index in [0.717, 1.165) is 12.8 Å². The summed E-state index contributed by atoms with van der Waals surface area (Å²) in [5, 5.41) is 5.61. The molecule has 0 saturated heterocycles. The van der Waals surface area contributed by atoms with Gasteiger partial charge in [-0.2, -0.15) is 0 Å². The first-order valence-electron chi connectivity index (χ1n) is 6.08. The summed E-state index contributed by atoms with van der Waals surface area (Å²) in [4.78, 5) is 22.2. The highest BCUT2D eigenvalue weighted by molar-refractivity contribution is 5.74. The van der Waals surface area contributed by atoms with Crippen molar-refractivity contribution in [1.29, 1.82) is 0 Å². The van der Waals surface area contributed by atoms with Crippen LogP contribution in [-0.4, -0.2) is 31.7 Å². The third kappa shape index (κ3) is 8.54. The van der Waals surface area contributed by atoms with Crippen LogP contribution in [0.4, 0.5) is 4.79 Å². The number of unbranched alkanes of at least 4 members (excludes halogenated alkanes) is 1. The minimum Gasteiger partial charge on any atom is -0.469 e. The normalized spacial score (nSPS) is 12.1. The Bertz CT molecular complexity index is 242. The fourth-order valence-electron chi connectivity index (χ4n) is 1.12. The highest BCUT2D eigenvalue weighted by Crippen LogP contribution is 1.99. The minimum atomic E-state index is -0.206. The molecule has 0 bridgehead atoms. The van der Waals surface area contributed by atoms with Crippen LogP contribution in [-0.2, 0) is 9.53 Å². The average Bonchev–Trinajstić information content (AvgIpc) is 2.27. The molecule has 5 heteroatoms. The Balaban J connectivity index is 3.49. The van der Waals surface area contributed by atoms with Gasteiger partial charge in [0, 0.05) is 19.0 Å². The quantitative estimate of drug-likeness (QED) is 0.529. The van der Waals surface area contributed by atoms with E-state index in [1.54, 1.807) is 0 Å². The van der Waals surface area contributed by atoms with E-state index >= 15 is 0 Å². The Morgan fingerprint density at radius 1 is 1.18 bits per heavy atom. The largest absolute Gasteiger partial charge is 0.469 e. The molecule has 0 radical (unpaired) electrons. The van der Waals surface area contributed by atoms with E-state index in [0.29, 0.717) is 18.9 Å². The fourth-order valence-corrected chi connectivity index (χ4v) is 1.12. The molecule has 17 heavy (non-hydrogen) atoms. The zero-order valence-corrected chi connectivity index (χ0v) is 11.2. The van der Waals surface area contributed by atoms with Crippen LogP contribution in [0.15, 0.2) is 0 Å². The summed E-state index contributed by atoms with van der Waals surface area (Å²) in [7, 11) is 1.38. The number of hydrogen-bond donors (Lipinski definition) is 2. The number of nitrogens with one attached hydrogen (secondary N) is 2. The van der Waals surface area contributed by atoms with Crippen molar-refractivity contribution >= 4 is 12.0 Å². The fraction of sp³-hybridized carbons (Fsp3) is 0.833. The molecule has 0 fully saturated rings. The second-order valence-electron chi connectivity index (χ2n) is 4.47. The molecule has 0 spiro atoms. The third-order valence-electron chi connectivity index (χ3n) is 2.68. The van der Waals surface area contributed by atoms with E-state index in [-0.39, 0.29) is 18.0 Å². The van der Waals surface area contributed by atoms with Gasteiger partial charge in [0.2, 0.25) is 0 Å². The Hall–Kier alpha value is -1.26. The monoisotopic (exact) mass is 244 g/mol. The van der Waals surface area contributed by atoms with E-state index < -0.39 is 0 Å². The molecule has 2 N–H and O–H groups in total. The number of rotatable bonds is 7. The molecule has 1 atom stereocenters. The SMILES string of the molecule is COC(=O)CCCCNC(=O)NC(C)C(C)C. The van der Waals surface area contributed by atoms with Crippen molar-refractivity contribution in [2.24, 2.45) is 5.92 Å². The van der Waals surface area contributed by atoms with Crippen molar-refractivity contribution in [2.75, 3.05) is 13.7 Å². The standard InChI is InChI=1S/C12H24N2O3/c1-9(2)10(3)14-12(16)13-8-6-5-7-11(15)17-4/h9-10H,5-8H2,1-4H3,(H2,13,14,16). The molecular formula is C12H24N2O3. The topological polar surface area (TPSA) is 67.4 Å². The first kappa shape index (κ1) is 15.7. The van der Waals surface area contributed by atoms with E-state index in [1.807, 2.05) is 6.92 Å². The van der Waals surface area contributed by atoms with Gasteiger partial charge in [-0.15, -0.1) is 0 Å². The van der Waals surface area contributed by atoms with Gasteiger partial charge in [0.1, 0.15) is 0 Å². The summed E-state index contributed by atoms with van der Waals surface area (Å²) in [6.07, 6.45) is 1.91. The summed E-state index contributed by atoms with van der Waals surface area (Å²) >= 11 is 0. The lowest BCUT2D eigenvalue weighted by Crippen LogP contribution is -2.43. The lowest BCUT2D eigenvalue weighted by atomic mass is 10.1. The van der Waals surface area contributed by atoms with Gasteiger partial charge in [-0.25, -0.2) is 4.79 Å². The van der Waals surface area contributed by atoms with Gasteiger partial charge in [0.15, 0.2) is 0 Å². The van der Waals surface area contributed by atoms with Crippen molar-refractivity contribution in [3.63, 3.8) is 0 Å². The Labute approximate surface area is 103 Å².